The molecule has 0 spiro atoms. The fourth-order valence-corrected chi connectivity index (χ4v) is 8.71. The largest absolute Gasteiger partial charge is 0.444 e. The van der Waals surface area contributed by atoms with E-state index in [2.05, 4.69) is 26.6 Å². The second-order valence-electron chi connectivity index (χ2n) is 22.8. The van der Waals surface area contributed by atoms with Crippen molar-refractivity contribution in [2.24, 2.45) is 11.8 Å². The van der Waals surface area contributed by atoms with Gasteiger partial charge in [-0.2, -0.15) is 0 Å². The Morgan fingerprint density at radius 2 is 1.23 bits per heavy atom. The standard InChI is InChI=1S/C46H82N6O18/c1-42(2,3)67-38(58)48-16-15-28(54)35(57)49-25-20-26(50-39(59)68-43(4,5)6)33(65-36-27(51-40(60)69-44(7,8)9)19-23-24(31(23)64-36)21-47-17-18-53)29(55)32(25)66-37-30(56)34(46(13,62)22-63-37)52(14)41(61)70-45(10,11)12/h23-34,36-37,47,53-56,62H,15-22H2,1-14H3,(H,48,58)(H,49,57)(H,50,59)(H,51,60)/t23?,24?,25?,26?,27?,28?,29?,30?,31-,32?,33?,34?,36?,37?,46?/m1/s1. The summed E-state index contributed by atoms with van der Waals surface area (Å²) in [5.74, 6) is -1.04. The zero-order valence-electron chi connectivity index (χ0n) is 43.2. The number of aliphatic hydroxyl groups excluding tert-OH is 4. The quantitative estimate of drug-likeness (QED) is 0.0752. The minimum atomic E-state index is -1.87. The molecule has 24 nitrogen and oxygen atoms in total. The van der Waals surface area contributed by atoms with Crippen molar-refractivity contribution in [1.82, 2.24) is 31.5 Å². The van der Waals surface area contributed by atoms with Crippen molar-refractivity contribution < 1.29 is 87.4 Å². The molecule has 2 heterocycles. The Morgan fingerprint density at radius 1 is 0.714 bits per heavy atom. The van der Waals surface area contributed by atoms with E-state index >= 15 is 0 Å². The molecule has 4 rings (SSSR count). The second-order valence-corrected chi connectivity index (χ2v) is 22.8. The third-order valence-corrected chi connectivity index (χ3v) is 11.6. The number of hydrogen-bond donors (Lipinski definition) is 10. The van der Waals surface area contributed by atoms with Gasteiger partial charge in [0.1, 0.15) is 58.5 Å². The lowest BCUT2D eigenvalue weighted by atomic mass is 9.82. The Hall–Kier alpha value is -3.85. The van der Waals surface area contributed by atoms with Gasteiger partial charge >= 0.3 is 24.4 Å². The molecule has 2 aliphatic carbocycles. The molecule has 15 atom stereocenters. The summed E-state index contributed by atoms with van der Waals surface area (Å²) in [6.07, 6.45) is -15.5. The van der Waals surface area contributed by atoms with E-state index in [9.17, 15) is 49.5 Å². The third kappa shape index (κ3) is 17.4. The number of alkyl carbamates (subject to hydrolysis) is 3. The Kier molecular flexibility index (Phi) is 19.6. The lowest BCUT2D eigenvalue weighted by molar-refractivity contribution is -0.313. The maximum absolute atomic E-state index is 13.8. The van der Waals surface area contributed by atoms with Crippen molar-refractivity contribution in [3.8, 4) is 0 Å². The summed E-state index contributed by atoms with van der Waals surface area (Å²) in [4.78, 5) is 67.2. The molecule has 2 saturated carbocycles. The highest BCUT2D eigenvalue weighted by molar-refractivity contribution is 5.81. The van der Waals surface area contributed by atoms with Crippen molar-refractivity contribution in [2.75, 3.05) is 39.9 Å². The first-order valence-electron chi connectivity index (χ1n) is 24.0. The zero-order chi connectivity index (χ0) is 52.9. The van der Waals surface area contributed by atoms with Gasteiger partial charge in [0.05, 0.1) is 43.5 Å². The van der Waals surface area contributed by atoms with Gasteiger partial charge in [0.25, 0.3) is 0 Å². The van der Waals surface area contributed by atoms with Crippen molar-refractivity contribution in [3.05, 3.63) is 0 Å². The number of carbonyl (C=O) groups is 5. The number of hydrogen-bond acceptors (Lipinski definition) is 19. The Morgan fingerprint density at radius 3 is 1.77 bits per heavy atom. The molecule has 0 aromatic rings. The molecule has 0 radical (unpaired) electrons. The van der Waals surface area contributed by atoms with Crippen LogP contribution >= 0.6 is 0 Å². The Labute approximate surface area is 410 Å². The first-order valence-corrected chi connectivity index (χ1v) is 24.0. The molecule has 2 aliphatic heterocycles. The monoisotopic (exact) mass is 1010 g/mol. The van der Waals surface area contributed by atoms with Crippen molar-refractivity contribution in [1.29, 1.82) is 0 Å². The summed E-state index contributed by atoms with van der Waals surface area (Å²) in [6, 6.07) is -4.84. The lowest BCUT2D eigenvalue weighted by Gasteiger charge is -2.50. The topological polar surface area (TPSA) is 324 Å². The highest BCUT2D eigenvalue weighted by Gasteiger charge is 2.60. The number of ether oxygens (including phenoxy) is 8. The number of nitrogens with zero attached hydrogens (tertiary/aromatic N) is 1. The van der Waals surface area contributed by atoms with E-state index in [1.165, 1.54) is 14.0 Å². The minimum absolute atomic E-state index is 0.0340. The van der Waals surface area contributed by atoms with Gasteiger partial charge in [-0.25, -0.2) is 19.2 Å². The molecule has 404 valence electrons. The molecule has 10 N–H and O–H groups in total. The van der Waals surface area contributed by atoms with Gasteiger partial charge < -0.3 is 94.9 Å². The number of likely N-dealkylation sites (N-methyl/N-ethyl adjacent to an activating group) is 1. The number of fused-ring (bicyclic) bond motifs is 1. The highest BCUT2D eigenvalue weighted by Crippen LogP contribution is 2.50. The molecule has 70 heavy (non-hydrogen) atoms. The smallest absolute Gasteiger partial charge is 0.410 e. The van der Waals surface area contributed by atoms with E-state index in [-0.39, 0.29) is 43.9 Å². The van der Waals surface area contributed by atoms with Crippen molar-refractivity contribution in [2.45, 2.75) is 211 Å². The molecule has 2 saturated heterocycles. The van der Waals surface area contributed by atoms with Gasteiger partial charge in [0, 0.05) is 32.6 Å². The van der Waals surface area contributed by atoms with Gasteiger partial charge in [-0.05, 0) is 115 Å². The second kappa shape index (κ2) is 23.4. The highest BCUT2D eigenvalue weighted by atomic mass is 16.7. The van der Waals surface area contributed by atoms with Crippen molar-refractivity contribution >= 4 is 30.3 Å². The molecule has 5 amide bonds. The number of rotatable bonds is 16. The van der Waals surface area contributed by atoms with E-state index in [4.69, 9.17) is 37.9 Å². The van der Waals surface area contributed by atoms with Crippen LogP contribution in [-0.2, 0) is 42.7 Å². The van der Waals surface area contributed by atoms with Crippen molar-refractivity contribution in [3.63, 3.8) is 0 Å². The fourth-order valence-electron chi connectivity index (χ4n) is 8.71. The molecule has 0 bridgehead atoms. The van der Waals surface area contributed by atoms with Gasteiger partial charge in [-0.3, -0.25) is 4.79 Å². The van der Waals surface area contributed by atoms with E-state index < -0.39 is 132 Å². The van der Waals surface area contributed by atoms with E-state index in [0.717, 1.165) is 4.90 Å². The van der Waals surface area contributed by atoms with Crippen LogP contribution in [0, 0.1) is 11.8 Å². The van der Waals surface area contributed by atoms with Gasteiger partial charge in [-0.15, -0.1) is 0 Å². The van der Waals surface area contributed by atoms with E-state index in [1.807, 2.05) is 0 Å². The summed E-state index contributed by atoms with van der Waals surface area (Å²) >= 11 is 0. The van der Waals surface area contributed by atoms with Gasteiger partial charge in [-0.1, -0.05) is 0 Å². The predicted octanol–water partition coefficient (Wildman–Crippen LogP) is 0.715. The zero-order valence-corrected chi connectivity index (χ0v) is 43.2. The maximum atomic E-state index is 13.8. The fraction of sp³-hybridized carbons (Fsp3) is 0.891. The number of nitrogens with one attached hydrogen (secondary N) is 5. The van der Waals surface area contributed by atoms with Crippen LogP contribution in [-0.4, -0.2) is 202 Å². The molecule has 14 unspecified atom stereocenters. The van der Waals surface area contributed by atoms with Gasteiger partial charge in [0.2, 0.25) is 5.91 Å². The van der Waals surface area contributed by atoms with E-state index in [0.29, 0.717) is 19.5 Å². The number of carbonyl (C=O) groups excluding carboxylic acids is 5. The molecule has 24 heteroatoms. The van der Waals surface area contributed by atoms with E-state index in [1.54, 1.807) is 83.1 Å². The first-order chi connectivity index (χ1) is 32.1. The van der Waals surface area contributed by atoms with Crippen LogP contribution in [0.15, 0.2) is 0 Å². The summed E-state index contributed by atoms with van der Waals surface area (Å²) in [5.41, 5.74) is -5.48. The molecule has 4 aliphatic rings. The van der Waals surface area contributed by atoms with Crippen LogP contribution in [0.4, 0.5) is 19.2 Å². The van der Waals surface area contributed by atoms with Gasteiger partial charge in [0.15, 0.2) is 12.6 Å². The van der Waals surface area contributed by atoms with Crippen LogP contribution in [0.1, 0.15) is 109 Å². The Bertz CT molecular complexity index is 1780. The molecule has 0 aromatic carbocycles. The van der Waals surface area contributed by atoms with Crippen LogP contribution in [0.25, 0.3) is 0 Å². The van der Waals surface area contributed by atoms with Crippen LogP contribution in [0.5, 0.6) is 0 Å². The van der Waals surface area contributed by atoms with Crippen LogP contribution in [0.2, 0.25) is 0 Å². The average molecular weight is 1010 g/mol. The van der Waals surface area contributed by atoms with Crippen LogP contribution in [0.3, 0.4) is 0 Å². The third-order valence-electron chi connectivity index (χ3n) is 11.6. The molecule has 0 aromatic heterocycles. The molecular formula is C46H82N6O18. The molecular weight excluding hydrogens is 925 g/mol. The Balaban J connectivity index is 1.73. The summed E-state index contributed by atoms with van der Waals surface area (Å²) in [6.45, 7) is 21.4. The number of aliphatic hydroxyl groups is 5. The first kappa shape index (κ1) is 58.7. The van der Waals surface area contributed by atoms with Crippen LogP contribution < -0.4 is 26.6 Å². The normalized spacial score (nSPS) is 32.8. The SMILES string of the molecule is CN(C(=O)OC(C)(C)C)C1C(O)C(OC2C(NC(=O)C(O)CCNC(=O)OC(C)(C)C)CC(NC(=O)OC(C)(C)C)C(OC3O[C@H]4C(CNCCO)C4CC3NC(=O)OC(C)(C)C)C2O)OCC1(C)O. The average Bonchev–Trinajstić information content (AvgIpc) is 3.85. The maximum Gasteiger partial charge on any atom is 0.410 e. The summed E-state index contributed by atoms with van der Waals surface area (Å²) < 4.78 is 47.3. The molecule has 4 fully saturated rings. The summed E-state index contributed by atoms with van der Waals surface area (Å²) in [5, 5.41) is 70.3. The summed E-state index contributed by atoms with van der Waals surface area (Å²) in [7, 11) is 1.32. The number of amides is 5. The minimum Gasteiger partial charge on any atom is -0.444 e. The lowest BCUT2D eigenvalue weighted by Crippen LogP contribution is -2.71. The predicted molar refractivity (Wildman–Crippen MR) is 248 cm³/mol.